The monoisotopic (exact) mass is 370 g/mol. The van der Waals surface area contributed by atoms with E-state index in [1.807, 2.05) is 32.0 Å². The van der Waals surface area contributed by atoms with Gasteiger partial charge in [0.25, 0.3) is 5.69 Å². The molecule has 2 aromatic carbocycles. The number of carbonyl (C=O) groups is 2. The topological polar surface area (TPSA) is 105 Å². The number of amides is 2. The zero-order chi connectivity index (χ0) is 20.0. The van der Waals surface area contributed by atoms with Gasteiger partial charge in [0.15, 0.2) is 0 Å². The Bertz CT molecular complexity index is 846. The average Bonchev–Trinajstić information content (AvgIpc) is 2.63. The van der Waals surface area contributed by atoms with Crippen LogP contribution in [0.5, 0.6) is 0 Å². The molecule has 0 aliphatic carbocycles. The number of para-hydroxylation sites is 1. The molecule has 0 heterocycles. The summed E-state index contributed by atoms with van der Waals surface area (Å²) >= 11 is 0. The van der Waals surface area contributed by atoms with Gasteiger partial charge in [-0.2, -0.15) is 0 Å². The van der Waals surface area contributed by atoms with Crippen molar-refractivity contribution in [3.8, 4) is 0 Å². The molecule has 0 aromatic heterocycles. The summed E-state index contributed by atoms with van der Waals surface area (Å²) in [5, 5.41) is 16.4. The van der Waals surface area contributed by atoms with Gasteiger partial charge in [0.2, 0.25) is 11.8 Å². The van der Waals surface area contributed by atoms with Crippen LogP contribution in [0.2, 0.25) is 0 Å². The number of hydrogen-bond donors (Lipinski definition) is 2. The minimum absolute atomic E-state index is 0.0613. The Labute approximate surface area is 157 Å². The number of anilines is 2. The van der Waals surface area contributed by atoms with E-state index < -0.39 is 4.92 Å². The lowest BCUT2D eigenvalue weighted by Gasteiger charge is -2.18. The lowest BCUT2D eigenvalue weighted by molar-refractivity contribution is -0.384. The highest BCUT2D eigenvalue weighted by Crippen LogP contribution is 2.19. The summed E-state index contributed by atoms with van der Waals surface area (Å²) in [6.07, 6.45) is 0. The normalized spacial score (nSPS) is 10.2. The quantitative estimate of drug-likeness (QED) is 0.576. The molecule has 0 radical (unpaired) electrons. The van der Waals surface area contributed by atoms with Crippen molar-refractivity contribution in [2.24, 2.45) is 0 Å². The van der Waals surface area contributed by atoms with Crippen LogP contribution in [0.3, 0.4) is 0 Å². The second kappa shape index (κ2) is 8.79. The fourth-order valence-electron chi connectivity index (χ4n) is 2.54. The first kappa shape index (κ1) is 19.9. The molecule has 8 heteroatoms. The average molecular weight is 370 g/mol. The number of rotatable bonds is 7. The first-order valence-corrected chi connectivity index (χ1v) is 8.36. The predicted molar refractivity (Wildman–Crippen MR) is 104 cm³/mol. The van der Waals surface area contributed by atoms with Crippen LogP contribution in [0.25, 0.3) is 0 Å². The molecular weight excluding hydrogens is 348 g/mol. The van der Waals surface area contributed by atoms with Crippen LogP contribution in [0.15, 0.2) is 42.5 Å². The van der Waals surface area contributed by atoms with E-state index in [1.54, 1.807) is 6.07 Å². The van der Waals surface area contributed by atoms with Gasteiger partial charge in [-0.1, -0.05) is 24.3 Å². The minimum atomic E-state index is -0.503. The van der Waals surface area contributed by atoms with Crippen LogP contribution in [-0.4, -0.2) is 41.8 Å². The summed E-state index contributed by atoms with van der Waals surface area (Å²) in [4.78, 5) is 36.0. The van der Waals surface area contributed by atoms with Crippen LogP contribution in [-0.2, 0) is 9.59 Å². The second-order valence-electron chi connectivity index (χ2n) is 6.23. The fraction of sp³-hybridized carbons (Fsp3) is 0.263. The SMILES string of the molecule is Cc1cccc(C)c1NC(=O)CN(C)C(=O)CNc1cccc([N+](=O)[O-])c1. The molecule has 0 saturated carbocycles. The summed E-state index contributed by atoms with van der Waals surface area (Å²) in [5.41, 5.74) is 3.05. The molecule has 0 aliphatic rings. The lowest BCUT2D eigenvalue weighted by atomic mass is 10.1. The molecule has 8 nitrogen and oxygen atoms in total. The third kappa shape index (κ3) is 5.53. The van der Waals surface area contributed by atoms with E-state index in [1.165, 1.54) is 30.1 Å². The van der Waals surface area contributed by atoms with Crippen LogP contribution < -0.4 is 10.6 Å². The molecule has 2 rings (SSSR count). The van der Waals surface area contributed by atoms with E-state index in [0.717, 1.165) is 16.8 Å². The minimum Gasteiger partial charge on any atom is -0.376 e. The molecule has 0 aliphatic heterocycles. The van der Waals surface area contributed by atoms with Gasteiger partial charge in [0.1, 0.15) is 0 Å². The van der Waals surface area contributed by atoms with Crippen molar-refractivity contribution in [3.63, 3.8) is 0 Å². The number of nitro benzene ring substituents is 1. The Hall–Kier alpha value is -3.42. The molecule has 2 aromatic rings. The third-order valence-electron chi connectivity index (χ3n) is 4.05. The van der Waals surface area contributed by atoms with Crippen molar-refractivity contribution in [2.45, 2.75) is 13.8 Å². The summed E-state index contributed by atoms with van der Waals surface area (Å²) < 4.78 is 0. The number of carbonyl (C=O) groups excluding carboxylic acids is 2. The smallest absolute Gasteiger partial charge is 0.271 e. The van der Waals surface area contributed by atoms with Gasteiger partial charge in [-0.05, 0) is 31.0 Å². The van der Waals surface area contributed by atoms with Crippen molar-refractivity contribution in [3.05, 3.63) is 63.7 Å². The van der Waals surface area contributed by atoms with Gasteiger partial charge in [-0.15, -0.1) is 0 Å². The Morgan fingerprint density at radius 3 is 2.37 bits per heavy atom. The summed E-state index contributed by atoms with van der Waals surface area (Å²) in [7, 11) is 1.53. The van der Waals surface area contributed by atoms with Gasteiger partial charge in [0.05, 0.1) is 18.0 Å². The molecule has 2 N–H and O–H groups in total. The van der Waals surface area contributed by atoms with Crippen molar-refractivity contribution in [1.82, 2.24) is 4.90 Å². The first-order valence-electron chi connectivity index (χ1n) is 8.36. The molecule has 0 bridgehead atoms. The summed E-state index contributed by atoms with van der Waals surface area (Å²) in [6, 6.07) is 11.6. The maximum Gasteiger partial charge on any atom is 0.271 e. The number of benzene rings is 2. The van der Waals surface area contributed by atoms with E-state index in [9.17, 15) is 19.7 Å². The third-order valence-corrected chi connectivity index (χ3v) is 4.05. The van der Waals surface area contributed by atoms with Crippen molar-refractivity contribution in [2.75, 3.05) is 30.8 Å². The largest absolute Gasteiger partial charge is 0.376 e. The zero-order valence-electron chi connectivity index (χ0n) is 15.5. The van der Waals surface area contributed by atoms with E-state index >= 15 is 0 Å². The number of nitrogens with zero attached hydrogens (tertiary/aromatic N) is 2. The van der Waals surface area contributed by atoms with E-state index in [-0.39, 0.29) is 30.6 Å². The Morgan fingerprint density at radius 1 is 1.11 bits per heavy atom. The number of nitrogens with one attached hydrogen (secondary N) is 2. The molecular formula is C19H22N4O4. The van der Waals surface area contributed by atoms with Gasteiger partial charge in [-0.25, -0.2) is 0 Å². The molecule has 0 unspecified atom stereocenters. The summed E-state index contributed by atoms with van der Waals surface area (Å²) in [6.45, 7) is 3.64. The zero-order valence-corrected chi connectivity index (χ0v) is 15.5. The van der Waals surface area contributed by atoms with Crippen molar-refractivity contribution < 1.29 is 14.5 Å². The van der Waals surface area contributed by atoms with Crippen molar-refractivity contribution >= 4 is 28.9 Å². The number of aryl methyl sites for hydroxylation is 2. The Morgan fingerprint density at radius 2 is 1.74 bits per heavy atom. The van der Waals surface area contributed by atoms with Crippen LogP contribution >= 0.6 is 0 Å². The molecule has 2 amide bonds. The number of nitro groups is 1. The Kier molecular flexibility index (Phi) is 6.48. The van der Waals surface area contributed by atoms with E-state index in [4.69, 9.17) is 0 Å². The maximum atomic E-state index is 12.2. The molecule has 0 saturated heterocycles. The van der Waals surface area contributed by atoms with Gasteiger partial charge in [-0.3, -0.25) is 19.7 Å². The van der Waals surface area contributed by atoms with Gasteiger partial charge < -0.3 is 15.5 Å². The molecule has 0 spiro atoms. The van der Waals surface area contributed by atoms with Crippen LogP contribution in [0.4, 0.5) is 17.1 Å². The van der Waals surface area contributed by atoms with E-state index in [2.05, 4.69) is 10.6 Å². The number of hydrogen-bond acceptors (Lipinski definition) is 5. The lowest BCUT2D eigenvalue weighted by Crippen LogP contribution is -2.38. The highest BCUT2D eigenvalue weighted by Gasteiger charge is 2.15. The highest BCUT2D eigenvalue weighted by molar-refractivity contribution is 5.96. The maximum absolute atomic E-state index is 12.2. The number of likely N-dealkylation sites (N-methyl/N-ethyl adjacent to an activating group) is 1. The fourth-order valence-corrected chi connectivity index (χ4v) is 2.54. The summed E-state index contributed by atoms with van der Waals surface area (Å²) in [5.74, 6) is -0.600. The highest BCUT2D eigenvalue weighted by atomic mass is 16.6. The number of non-ortho nitro benzene ring substituents is 1. The van der Waals surface area contributed by atoms with Crippen LogP contribution in [0, 0.1) is 24.0 Å². The molecule has 0 fully saturated rings. The molecule has 27 heavy (non-hydrogen) atoms. The molecule has 0 atom stereocenters. The van der Waals surface area contributed by atoms with E-state index in [0.29, 0.717) is 5.69 Å². The standard InChI is InChI=1S/C19H22N4O4/c1-13-6-4-7-14(2)19(13)21-17(24)12-22(3)18(25)11-20-15-8-5-9-16(10-15)23(26)27/h4-10,20H,11-12H2,1-3H3,(H,21,24). The molecule has 142 valence electrons. The van der Waals surface area contributed by atoms with Gasteiger partial charge >= 0.3 is 0 Å². The second-order valence-corrected chi connectivity index (χ2v) is 6.23. The van der Waals surface area contributed by atoms with Crippen molar-refractivity contribution in [1.29, 1.82) is 0 Å². The Balaban J connectivity index is 1.89. The first-order chi connectivity index (χ1) is 12.8. The van der Waals surface area contributed by atoms with Gasteiger partial charge in [0, 0.05) is 30.6 Å². The predicted octanol–water partition coefficient (Wildman–Crippen LogP) is 2.72. The van der Waals surface area contributed by atoms with Crippen LogP contribution in [0.1, 0.15) is 11.1 Å².